The zero-order chi connectivity index (χ0) is 7.45. The summed E-state index contributed by atoms with van der Waals surface area (Å²) in [5, 5.41) is 3.31. The van der Waals surface area contributed by atoms with Gasteiger partial charge in [0.25, 0.3) is 0 Å². The van der Waals surface area contributed by atoms with E-state index in [0.717, 1.165) is 6.61 Å². The summed E-state index contributed by atoms with van der Waals surface area (Å²) < 4.78 is 5.05. The van der Waals surface area contributed by atoms with Gasteiger partial charge in [-0.15, -0.1) is 0 Å². The molecule has 2 heteroatoms. The first-order chi connectivity index (χ1) is 4.83. The van der Waals surface area contributed by atoms with Crippen molar-refractivity contribution in [3.63, 3.8) is 0 Å². The maximum atomic E-state index is 5.05. The van der Waals surface area contributed by atoms with Crippen LogP contribution >= 0.6 is 0 Å². The minimum absolute atomic E-state index is 0.579. The van der Waals surface area contributed by atoms with Gasteiger partial charge in [0.2, 0.25) is 0 Å². The summed E-state index contributed by atoms with van der Waals surface area (Å²) in [7, 11) is 1.77. The zero-order valence-corrected chi connectivity index (χ0v) is 6.94. The van der Waals surface area contributed by atoms with E-state index in [9.17, 15) is 0 Å². The van der Waals surface area contributed by atoms with Crippen LogP contribution in [0, 0.1) is 5.41 Å². The highest BCUT2D eigenvalue weighted by molar-refractivity contribution is 4.90. The second-order valence-corrected chi connectivity index (χ2v) is 3.20. The molecule has 0 aliphatic carbocycles. The average molecular weight is 143 g/mol. The fraction of sp³-hybridized carbons (Fsp3) is 1.00. The maximum Gasteiger partial charge on any atom is 0.0468 e. The zero-order valence-electron chi connectivity index (χ0n) is 6.94. The van der Waals surface area contributed by atoms with Gasteiger partial charge in [0, 0.05) is 26.8 Å². The topological polar surface area (TPSA) is 21.3 Å². The number of methoxy groups -OCH3 is 1. The molecule has 10 heavy (non-hydrogen) atoms. The third kappa shape index (κ3) is 1.50. The molecule has 0 saturated carbocycles. The lowest BCUT2D eigenvalue weighted by Gasteiger charge is -2.42. The number of rotatable bonds is 4. The fourth-order valence-electron chi connectivity index (χ4n) is 1.40. The van der Waals surface area contributed by atoms with Gasteiger partial charge in [-0.2, -0.15) is 0 Å². The van der Waals surface area contributed by atoms with Crippen molar-refractivity contribution in [3.05, 3.63) is 0 Å². The molecule has 0 amide bonds. The highest BCUT2D eigenvalue weighted by Gasteiger charge is 2.33. The Bertz CT molecular complexity index is 93.9. The summed E-state index contributed by atoms with van der Waals surface area (Å²) in [5.74, 6) is 0. The van der Waals surface area contributed by atoms with Gasteiger partial charge in [-0.3, -0.25) is 0 Å². The molecule has 1 fully saturated rings. The molecule has 0 radical (unpaired) electrons. The Hall–Kier alpha value is -0.0800. The summed E-state index contributed by atoms with van der Waals surface area (Å²) in [6.45, 7) is 5.55. The normalized spacial score (nSPS) is 22.2. The van der Waals surface area contributed by atoms with Gasteiger partial charge >= 0.3 is 0 Å². The third-order valence-electron chi connectivity index (χ3n) is 2.59. The van der Waals surface area contributed by atoms with E-state index in [4.69, 9.17) is 4.74 Å². The Balaban J connectivity index is 2.20. The van der Waals surface area contributed by atoms with E-state index in [1.54, 1.807) is 7.11 Å². The van der Waals surface area contributed by atoms with Crippen LogP contribution in [0.5, 0.6) is 0 Å². The lowest BCUT2D eigenvalue weighted by Crippen LogP contribution is -2.53. The molecule has 0 bridgehead atoms. The van der Waals surface area contributed by atoms with Crippen LogP contribution in [-0.2, 0) is 4.74 Å². The Morgan fingerprint density at radius 3 is 2.50 bits per heavy atom. The summed E-state index contributed by atoms with van der Waals surface area (Å²) in [5.41, 5.74) is 0.579. The predicted octanol–water partition coefficient (Wildman–Crippen LogP) is 1.02. The first kappa shape index (κ1) is 8.02. The quantitative estimate of drug-likeness (QED) is 0.634. The minimum Gasteiger partial charge on any atom is -0.385 e. The van der Waals surface area contributed by atoms with Crippen molar-refractivity contribution in [1.29, 1.82) is 0 Å². The van der Waals surface area contributed by atoms with Crippen LogP contribution in [-0.4, -0.2) is 26.8 Å². The van der Waals surface area contributed by atoms with E-state index in [2.05, 4.69) is 12.2 Å². The Kier molecular flexibility index (Phi) is 2.69. The molecular weight excluding hydrogens is 126 g/mol. The Labute approximate surface area is 63.0 Å². The van der Waals surface area contributed by atoms with Gasteiger partial charge in [-0.05, 0) is 18.3 Å². The summed E-state index contributed by atoms with van der Waals surface area (Å²) in [6, 6.07) is 0. The molecule has 0 aromatic heterocycles. The van der Waals surface area contributed by atoms with E-state index < -0.39 is 0 Å². The van der Waals surface area contributed by atoms with E-state index in [0.29, 0.717) is 5.41 Å². The van der Waals surface area contributed by atoms with Gasteiger partial charge in [0.05, 0.1) is 0 Å². The average Bonchev–Trinajstić information content (AvgIpc) is 1.87. The van der Waals surface area contributed by atoms with Crippen LogP contribution < -0.4 is 5.32 Å². The Morgan fingerprint density at radius 2 is 2.20 bits per heavy atom. The highest BCUT2D eigenvalue weighted by Crippen LogP contribution is 2.30. The third-order valence-corrected chi connectivity index (χ3v) is 2.59. The molecule has 1 rings (SSSR count). The van der Waals surface area contributed by atoms with E-state index in [-0.39, 0.29) is 0 Å². The second kappa shape index (κ2) is 3.35. The molecule has 0 aromatic rings. The van der Waals surface area contributed by atoms with Crippen molar-refractivity contribution in [2.75, 3.05) is 26.8 Å². The SMILES string of the molecule is CCC1(CCOC)CNC1. The molecule has 60 valence electrons. The van der Waals surface area contributed by atoms with Gasteiger partial charge < -0.3 is 10.1 Å². The van der Waals surface area contributed by atoms with E-state index in [1.165, 1.54) is 25.9 Å². The number of hydrogen-bond donors (Lipinski definition) is 1. The van der Waals surface area contributed by atoms with Gasteiger partial charge in [0.1, 0.15) is 0 Å². The summed E-state index contributed by atoms with van der Waals surface area (Å²) >= 11 is 0. The molecule has 2 nitrogen and oxygen atoms in total. The fourth-order valence-corrected chi connectivity index (χ4v) is 1.40. The van der Waals surface area contributed by atoms with Crippen molar-refractivity contribution < 1.29 is 4.74 Å². The molecule has 0 unspecified atom stereocenters. The van der Waals surface area contributed by atoms with Crippen LogP contribution in [0.3, 0.4) is 0 Å². The summed E-state index contributed by atoms with van der Waals surface area (Å²) in [6.07, 6.45) is 2.50. The van der Waals surface area contributed by atoms with E-state index in [1.807, 2.05) is 0 Å². The molecule has 1 aliphatic heterocycles. The first-order valence-corrected chi connectivity index (χ1v) is 4.03. The summed E-state index contributed by atoms with van der Waals surface area (Å²) in [4.78, 5) is 0. The molecule has 0 atom stereocenters. The number of ether oxygens (including phenoxy) is 1. The van der Waals surface area contributed by atoms with Crippen molar-refractivity contribution in [2.45, 2.75) is 19.8 Å². The molecule has 1 saturated heterocycles. The molecule has 0 aromatic carbocycles. The van der Waals surface area contributed by atoms with Gasteiger partial charge in [0.15, 0.2) is 0 Å². The predicted molar refractivity (Wildman–Crippen MR) is 42.1 cm³/mol. The van der Waals surface area contributed by atoms with Crippen LogP contribution in [0.1, 0.15) is 19.8 Å². The first-order valence-electron chi connectivity index (χ1n) is 4.03. The molecule has 1 heterocycles. The lowest BCUT2D eigenvalue weighted by molar-refractivity contribution is 0.0873. The lowest BCUT2D eigenvalue weighted by atomic mass is 9.77. The standard InChI is InChI=1S/C8H17NO/c1-3-8(4-5-10-2)6-9-7-8/h9H,3-7H2,1-2H3. The molecule has 0 spiro atoms. The number of nitrogens with one attached hydrogen (secondary N) is 1. The van der Waals surface area contributed by atoms with Crippen molar-refractivity contribution in [3.8, 4) is 0 Å². The largest absolute Gasteiger partial charge is 0.385 e. The second-order valence-electron chi connectivity index (χ2n) is 3.20. The Morgan fingerprint density at radius 1 is 1.50 bits per heavy atom. The molecule has 1 N–H and O–H groups in total. The van der Waals surface area contributed by atoms with Crippen LogP contribution in [0.4, 0.5) is 0 Å². The van der Waals surface area contributed by atoms with Crippen molar-refractivity contribution in [2.24, 2.45) is 5.41 Å². The van der Waals surface area contributed by atoms with E-state index >= 15 is 0 Å². The minimum atomic E-state index is 0.579. The van der Waals surface area contributed by atoms with Crippen LogP contribution in [0.2, 0.25) is 0 Å². The number of hydrogen-bond acceptors (Lipinski definition) is 2. The van der Waals surface area contributed by atoms with Crippen molar-refractivity contribution in [1.82, 2.24) is 5.32 Å². The molecule has 1 aliphatic rings. The maximum absolute atomic E-state index is 5.05. The highest BCUT2D eigenvalue weighted by atomic mass is 16.5. The van der Waals surface area contributed by atoms with Gasteiger partial charge in [-0.1, -0.05) is 6.92 Å². The van der Waals surface area contributed by atoms with Crippen LogP contribution in [0.15, 0.2) is 0 Å². The smallest absolute Gasteiger partial charge is 0.0468 e. The van der Waals surface area contributed by atoms with Crippen LogP contribution in [0.25, 0.3) is 0 Å². The van der Waals surface area contributed by atoms with Crippen molar-refractivity contribution >= 4 is 0 Å². The molecular formula is C8H17NO. The van der Waals surface area contributed by atoms with Gasteiger partial charge in [-0.25, -0.2) is 0 Å². The monoisotopic (exact) mass is 143 g/mol.